The van der Waals surface area contributed by atoms with Crippen LogP contribution in [0.2, 0.25) is 0 Å². The molecular weight excluding hydrogens is 496 g/mol. The summed E-state index contributed by atoms with van der Waals surface area (Å²) < 4.78 is 5.45. The molecule has 1 aliphatic heterocycles. The van der Waals surface area contributed by atoms with Gasteiger partial charge in [0.05, 0.1) is 11.3 Å². The smallest absolute Gasteiger partial charge is 0.410 e. The van der Waals surface area contributed by atoms with Gasteiger partial charge in [-0.05, 0) is 63.4 Å². The highest BCUT2D eigenvalue weighted by Crippen LogP contribution is 2.25. The molecule has 5 N–H and O–H groups in total. The lowest BCUT2D eigenvalue weighted by Crippen LogP contribution is -2.45. The molecule has 1 atom stereocenters. The van der Waals surface area contributed by atoms with E-state index in [9.17, 15) is 14.4 Å². The van der Waals surface area contributed by atoms with Crippen molar-refractivity contribution in [3.05, 3.63) is 78.0 Å². The van der Waals surface area contributed by atoms with Crippen LogP contribution >= 0.6 is 0 Å². The van der Waals surface area contributed by atoms with E-state index >= 15 is 0 Å². The third-order valence-corrected chi connectivity index (χ3v) is 6.10. The summed E-state index contributed by atoms with van der Waals surface area (Å²) in [7, 11) is 0. The van der Waals surface area contributed by atoms with Crippen molar-refractivity contribution < 1.29 is 19.1 Å². The Morgan fingerprint density at radius 3 is 2.41 bits per heavy atom. The lowest BCUT2D eigenvalue weighted by Gasteiger charge is -2.28. The maximum atomic E-state index is 12.9. The summed E-state index contributed by atoms with van der Waals surface area (Å²) in [5.41, 5.74) is 8.16. The first kappa shape index (κ1) is 27.4. The molecule has 2 heterocycles. The molecule has 0 spiro atoms. The number of hydrogen-bond acceptors (Lipinski definition) is 7. The fourth-order valence-corrected chi connectivity index (χ4v) is 4.25. The van der Waals surface area contributed by atoms with Crippen LogP contribution in [0.25, 0.3) is 0 Å². The lowest BCUT2D eigenvalue weighted by atomic mass is 10.2. The minimum Gasteiger partial charge on any atom is -0.444 e. The number of pyridine rings is 1. The molecule has 1 aliphatic rings. The summed E-state index contributed by atoms with van der Waals surface area (Å²) in [6.07, 6.45) is 2.28. The topological polar surface area (TPSA) is 139 Å². The SMILES string of the molecule is CC(C)(C)OC(=O)N1CCC[C@H]1C(=O)Nc1ccc(Nc2cc(NCc3ccccc3)c(C(N)=O)cn2)cc1. The van der Waals surface area contributed by atoms with E-state index in [1.165, 1.54) is 11.1 Å². The number of nitrogens with two attached hydrogens (primary N) is 1. The average Bonchev–Trinajstić information content (AvgIpc) is 3.39. The van der Waals surface area contributed by atoms with E-state index in [1.54, 1.807) is 51.1 Å². The summed E-state index contributed by atoms with van der Waals surface area (Å²) in [6.45, 7) is 6.41. The number of rotatable bonds is 8. The van der Waals surface area contributed by atoms with Crippen molar-refractivity contribution in [2.75, 3.05) is 22.5 Å². The van der Waals surface area contributed by atoms with Crippen LogP contribution in [0, 0.1) is 0 Å². The zero-order valence-corrected chi connectivity index (χ0v) is 22.4. The molecule has 0 aliphatic carbocycles. The number of amides is 3. The molecule has 3 aromatic rings. The predicted molar refractivity (Wildman–Crippen MR) is 151 cm³/mol. The fraction of sp³-hybridized carbons (Fsp3) is 0.310. The van der Waals surface area contributed by atoms with Gasteiger partial charge in [0.1, 0.15) is 17.5 Å². The highest BCUT2D eigenvalue weighted by molar-refractivity contribution is 5.99. The number of aromatic nitrogens is 1. The van der Waals surface area contributed by atoms with Gasteiger partial charge in [-0.15, -0.1) is 0 Å². The average molecular weight is 531 g/mol. The summed E-state index contributed by atoms with van der Waals surface area (Å²) in [6, 6.07) is 18.1. The lowest BCUT2D eigenvalue weighted by molar-refractivity contribution is -0.120. The van der Waals surface area contributed by atoms with Crippen LogP contribution in [0.1, 0.15) is 49.5 Å². The van der Waals surface area contributed by atoms with E-state index in [4.69, 9.17) is 10.5 Å². The van der Waals surface area contributed by atoms with Crippen molar-refractivity contribution in [1.82, 2.24) is 9.88 Å². The first-order chi connectivity index (χ1) is 18.6. The first-order valence-electron chi connectivity index (χ1n) is 12.8. The molecule has 39 heavy (non-hydrogen) atoms. The van der Waals surface area contributed by atoms with Gasteiger partial charge < -0.3 is 26.4 Å². The summed E-state index contributed by atoms with van der Waals surface area (Å²) >= 11 is 0. The number of benzene rings is 2. The fourth-order valence-electron chi connectivity index (χ4n) is 4.25. The molecule has 204 valence electrons. The van der Waals surface area contributed by atoms with E-state index in [2.05, 4.69) is 20.9 Å². The Labute approximate surface area is 227 Å². The highest BCUT2D eigenvalue weighted by atomic mass is 16.6. The highest BCUT2D eigenvalue weighted by Gasteiger charge is 2.36. The second-order valence-corrected chi connectivity index (χ2v) is 10.3. The molecule has 0 bridgehead atoms. The number of nitrogens with one attached hydrogen (secondary N) is 3. The zero-order chi connectivity index (χ0) is 28.0. The van der Waals surface area contributed by atoms with E-state index < -0.39 is 23.6 Å². The summed E-state index contributed by atoms with van der Waals surface area (Å²) in [5.74, 6) is -0.305. The number of carbonyl (C=O) groups is 3. The molecule has 2 aromatic carbocycles. The largest absolute Gasteiger partial charge is 0.444 e. The molecule has 1 saturated heterocycles. The quantitative estimate of drug-likeness (QED) is 0.326. The van der Waals surface area contributed by atoms with Crippen LogP contribution in [-0.4, -0.2) is 46.0 Å². The van der Waals surface area contributed by atoms with Crippen LogP contribution < -0.4 is 21.7 Å². The number of nitrogens with zero attached hydrogens (tertiary/aromatic N) is 2. The van der Waals surface area contributed by atoms with E-state index in [-0.39, 0.29) is 5.91 Å². The van der Waals surface area contributed by atoms with Gasteiger partial charge in [-0.1, -0.05) is 30.3 Å². The monoisotopic (exact) mass is 530 g/mol. The Morgan fingerprint density at radius 2 is 1.74 bits per heavy atom. The Hall–Kier alpha value is -4.60. The Bertz CT molecular complexity index is 1320. The number of primary amides is 1. The summed E-state index contributed by atoms with van der Waals surface area (Å²) in [5, 5.41) is 9.35. The van der Waals surface area contributed by atoms with Gasteiger partial charge in [0.25, 0.3) is 5.91 Å². The van der Waals surface area contributed by atoms with E-state index in [0.29, 0.717) is 42.3 Å². The molecule has 1 fully saturated rings. The maximum Gasteiger partial charge on any atom is 0.410 e. The number of hydrogen-bond donors (Lipinski definition) is 4. The van der Waals surface area contributed by atoms with Gasteiger partial charge in [-0.25, -0.2) is 9.78 Å². The molecule has 10 nitrogen and oxygen atoms in total. The van der Waals surface area contributed by atoms with Crippen molar-refractivity contribution >= 4 is 40.8 Å². The number of carbonyl (C=O) groups excluding carboxylic acids is 3. The maximum absolute atomic E-state index is 12.9. The van der Waals surface area contributed by atoms with Gasteiger partial charge in [0.2, 0.25) is 5.91 Å². The van der Waals surface area contributed by atoms with Crippen molar-refractivity contribution in [3.8, 4) is 0 Å². The summed E-state index contributed by atoms with van der Waals surface area (Å²) in [4.78, 5) is 43.2. The standard InChI is InChI=1S/C29H34N6O4/c1-29(2,3)39-28(38)35-15-7-10-24(35)27(37)34-21-13-11-20(12-14-21)33-25-16-23(22(18-32-25)26(30)36)31-17-19-8-5-4-6-9-19/h4-6,8-9,11-14,16,18,24H,7,10,15,17H2,1-3H3,(H2,30,36)(H,34,37)(H2,31,32,33)/t24-/m0/s1. The molecular formula is C29H34N6O4. The molecule has 4 rings (SSSR count). The molecule has 10 heteroatoms. The third kappa shape index (κ3) is 7.47. The van der Waals surface area contributed by atoms with Crippen molar-refractivity contribution in [2.45, 2.75) is 51.8 Å². The van der Waals surface area contributed by atoms with Crippen LogP contribution in [-0.2, 0) is 16.1 Å². The van der Waals surface area contributed by atoms with Gasteiger partial charge in [-0.2, -0.15) is 0 Å². The van der Waals surface area contributed by atoms with E-state index in [1.807, 2.05) is 30.3 Å². The second-order valence-electron chi connectivity index (χ2n) is 10.3. The van der Waals surface area contributed by atoms with Gasteiger partial charge in [0.15, 0.2) is 0 Å². The molecule has 0 unspecified atom stereocenters. The van der Waals surface area contributed by atoms with Crippen LogP contribution in [0.5, 0.6) is 0 Å². The Kier molecular flexibility index (Phi) is 8.33. The number of likely N-dealkylation sites (tertiary alicyclic amines) is 1. The van der Waals surface area contributed by atoms with Crippen molar-refractivity contribution in [1.29, 1.82) is 0 Å². The normalized spacial score (nSPS) is 14.9. The van der Waals surface area contributed by atoms with Gasteiger partial charge in [-0.3, -0.25) is 14.5 Å². The second kappa shape index (κ2) is 11.8. The Balaban J connectivity index is 1.39. The number of ether oxygens (including phenoxy) is 1. The minimum atomic E-state index is -0.628. The van der Waals surface area contributed by atoms with Crippen LogP contribution in [0.15, 0.2) is 66.9 Å². The molecule has 1 aromatic heterocycles. The number of anilines is 4. The minimum absolute atomic E-state index is 0.253. The van der Waals surface area contributed by atoms with Crippen LogP contribution in [0.4, 0.5) is 27.7 Å². The Morgan fingerprint density at radius 1 is 1.05 bits per heavy atom. The van der Waals surface area contributed by atoms with E-state index in [0.717, 1.165) is 17.7 Å². The van der Waals surface area contributed by atoms with Crippen molar-refractivity contribution in [2.24, 2.45) is 5.73 Å². The van der Waals surface area contributed by atoms with Gasteiger partial charge >= 0.3 is 6.09 Å². The molecule has 0 saturated carbocycles. The van der Waals surface area contributed by atoms with Gasteiger partial charge in [0, 0.05) is 36.7 Å². The van der Waals surface area contributed by atoms with Crippen LogP contribution in [0.3, 0.4) is 0 Å². The zero-order valence-electron chi connectivity index (χ0n) is 22.4. The van der Waals surface area contributed by atoms with Crippen molar-refractivity contribution in [3.63, 3.8) is 0 Å². The predicted octanol–water partition coefficient (Wildman–Crippen LogP) is 4.87. The first-order valence-corrected chi connectivity index (χ1v) is 12.8. The third-order valence-electron chi connectivity index (χ3n) is 6.10. The molecule has 3 amide bonds. The molecule has 0 radical (unpaired) electrons.